The second-order valence-corrected chi connectivity index (χ2v) is 22.9. The molecule has 326 valence electrons. The van der Waals surface area contributed by atoms with E-state index >= 15 is 0 Å². The highest BCUT2D eigenvalue weighted by Gasteiger charge is 2.30. The molecule has 0 bridgehead atoms. The largest absolute Gasteiger partial charge is 0.457 e. The van der Waals surface area contributed by atoms with Crippen molar-refractivity contribution in [1.29, 1.82) is 0 Å². The van der Waals surface area contributed by atoms with Gasteiger partial charge in [-0.05, 0) is 115 Å². The van der Waals surface area contributed by atoms with Gasteiger partial charge in [0.2, 0.25) is 0 Å². The number of hydrogen-bond donors (Lipinski definition) is 0. The van der Waals surface area contributed by atoms with Gasteiger partial charge in [-0.1, -0.05) is 152 Å². The lowest BCUT2D eigenvalue weighted by molar-refractivity contribution is 0.479. The van der Waals surface area contributed by atoms with Crippen molar-refractivity contribution in [2.45, 2.75) is 131 Å². The van der Waals surface area contributed by atoms with Gasteiger partial charge in [0.25, 0.3) is 0 Å². The summed E-state index contributed by atoms with van der Waals surface area (Å²) in [5.41, 5.74) is 13.1. The minimum absolute atomic E-state index is 0.00597. The maximum atomic E-state index is 7.03. The van der Waals surface area contributed by atoms with Crippen LogP contribution in [0.5, 0.6) is 11.5 Å². The standard InChI is InChI=1S/C58H68N4O/c1-54(2,3)39-21-23-48-49-24-22-46(35-51(49)62(50(48)32-39)53-33-40(25-26-59-53)55(4,5)6)63-47-31-43(58(13,14)15)30-45(34-47)61-37-60(36-52(61)38-19-17-16-18-20-38)44-28-41(56(7,8)9)27-42(29-44)57(10,11)12/h16-36H,37H2,1-15H3. The van der Waals surface area contributed by atoms with E-state index in [0.29, 0.717) is 6.67 Å². The molecule has 0 amide bonds. The Morgan fingerprint density at radius 3 is 1.60 bits per heavy atom. The zero-order valence-electron chi connectivity index (χ0n) is 40.5. The molecule has 2 aromatic heterocycles. The molecule has 0 spiro atoms. The maximum absolute atomic E-state index is 7.03. The number of fused-ring (bicyclic) bond motifs is 3. The van der Waals surface area contributed by atoms with E-state index in [4.69, 9.17) is 9.72 Å². The van der Waals surface area contributed by atoms with Crippen LogP contribution in [0.15, 0.2) is 128 Å². The summed E-state index contributed by atoms with van der Waals surface area (Å²) in [5, 5.41) is 2.37. The third-order valence-electron chi connectivity index (χ3n) is 12.7. The Kier molecular flexibility index (Phi) is 10.8. The Bertz CT molecular complexity index is 2830. The molecule has 5 heteroatoms. The van der Waals surface area contributed by atoms with Gasteiger partial charge in [-0.2, -0.15) is 0 Å². The topological polar surface area (TPSA) is 33.5 Å². The van der Waals surface area contributed by atoms with Crippen LogP contribution < -0.4 is 14.5 Å². The summed E-state index contributed by atoms with van der Waals surface area (Å²) in [6.45, 7) is 34.9. The first kappa shape index (κ1) is 43.8. The molecule has 0 fully saturated rings. The molecule has 0 unspecified atom stereocenters. The van der Waals surface area contributed by atoms with E-state index in [1.807, 2.05) is 6.20 Å². The molecule has 3 heterocycles. The Hall–Kier alpha value is -5.81. The molecule has 0 atom stereocenters. The van der Waals surface area contributed by atoms with Crippen molar-refractivity contribution < 1.29 is 4.74 Å². The van der Waals surface area contributed by atoms with E-state index in [-0.39, 0.29) is 27.1 Å². The molecule has 5 nitrogen and oxygen atoms in total. The molecule has 0 saturated heterocycles. The van der Waals surface area contributed by atoms with E-state index in [2.05, 4.69) is 240 Å². The Labute approximate surface area is 377 Å². The van der Waals surface area contributed by atoms with Gasteiger partial charge in [0.15, 0.2) is 0 Å². The van der Waals surface area contributed by atoms with Crippen LogP contribution in [0.1, 0.15) is 137 Å². The van der Waals surface area contributed by atoms with Crippen LogP contribution in [0.25, 0.3) is 33.3 Å². The third-order valence-corrected chi connectivity index (χ3v) is 12.7. The van der Waals surface area contributed by atoms with Crippen molar-refractivity contribution in [1.82, 2.24) is 9.55 Å². The van der Waals surface area contributed by atoms with Gasteiger partial charge in [-0.25, -0.2) is 4.98 Å². The minimum Gasteiger partial charge on any atom is -0.457 e. The Balaban J connectivity index is 1.25. The number of pyridine rings is 1. The number of nitrogens with zero attached hydrogens (tertiary/aromatic N) is 4. The molecule has 5 aromatic carbocycles. The number of rotatable bonds is 6. The molecule has 1 aliphatic heterocycles. The smallest absolute Gasteiger partial charge is 0.137 e. The van der Waals surface area contributed by atoms with Crippen LogP contribution >= 0.6 is 0 Å². The minimum atomic E-state index is -0.127. The quantitative estimate of drug-likeness (QED) is 0.167. The van der Waals surface area contributed by atoms with Gasteiger partial charge in [0.05, 0.1) is 23.4 Å². The zero-order valence-corrected chi connectivity index (χ0v) is 40.5. The van der Waals surface area contributed by atoms with Crippen molar-refractivity contribution in [3.05, 3.63) is 161 Å². The fourth-order valence-corrected chi connectivity index (χ4v) is 8.50. The molecule has 1 aliphatic rings. The normalized spacial score (nSPS) is 14.2. The van der Waals surface area contributed by atoms with E-state index in [1.165, 1.54) is 49.8 Å². The van der Waals surface area contributed by atoms with E-state index in [1.54, 1.807) is 0 Å². The van der Waals surface area contributed by atoms with Crippen molar-refractivity contribution in [2.75, 3.05) is 16.5 Å². The summed E-state index contributed by atoms with van der Waals surface area (Å²) in [7, 11) is 0. The first-order chi connectivity index (χ1) is 29.3. The van der Waals surface area contributed by atoms with E-state index < -0.39 is 0 Å². The summed E-state index contributed by atoms with van der Waals surface area (Å²) in [5.74, 6) is 2.49. The Morgan fingerprint density at radius 1 is 0.460 bits per heavy atom. The zero-order chi connectivity index (χ0) is 45.4. The van der Waals surface area contributed by atoms with Gasteiger partial charge in [-0.15, -0.1) is 0 Å². The van der Waals surface area contributed by atoms with E-state index in [0.717, 1.165) is 39.7 Å². The van der Waals surface area contributed by atoms with Crippen LogP contribution in [-0.2, 0) is 27.1 Å². The summed E-state index contributed by atoms with van der Waals surface area (Å²) in [6, 6.07) is 42.5. The number of ether oxygens (including phenoxy) is 1. The SMILES string of the molecule is CC(C)(C)c1cc(Oc2ccc3c4ccc(C(C)(C)C)cc4n(-c4cc(C(C)(C)C)ccn4)c3c2)cc(N2CN(c3cc(C(C)(C)C)cc(C(C)(C)C)c3)C=C2c2ccccc2)c1. The van der Waals surface area contributed by atoms with Crippen LogP contribution in [0, 0.1) is 0 Å². The molecule has 0 aliphatic carbocycles. The fourth-order valence-electron chi connectivity index (χ4n) is 8.50. The highest BCUT2D eigenvalue weighted by atomic mass is 16.5. The van der Waals surface area contributed by atoms with Crippen LogP contribution in [-0.4, -0.2) is 16.2 Å². The lowest BCUT2D eigenvalue weighted by Crippen LogP contribution is -2.27. The van der Waals surface area contributed by atoms with Gasteiger partial charge in [0.1, 0.15) is 17.3 Å². The van der Waals surface area contributed by atoms with Crippen molar-refractivity contribution in [3.63, 3.8) is 0 Å². The fraction of sp³-hybridized carbons (Fsp3) is 0.362. The monoisotopic (exact) mass is 837 g/mol. The molecule has 0 saturated carbocycles. The van der Waals surface area contributed by atoms with Crippen LogP contribution in [0.2, 0.25) is 0 Å². The summed E-state index contributed by atoms with van der Waals surface area (Å²) in [4.78, 5) is 9.85. The van der Waals surface area contributed by atoms with Crippen molar-refractivity contribution >= 4 is 38.9 Å². The number of aromatic nitrogens is 2. The average molecular weight is 837 g/mol. The van der Waals surface area contributed by atoms with Gasteiger partial charge >= 0.3 is 0 Å². The highest BCUT2D eigenvalue weighted by Crippen LogP contribution is 2.43. The maximum Gasteiger partial charge on any atom is 0.137 e. The molecule has 0 radical (unpaired) electrons. The molecular formula is C58H68N4O. The second kappa shape index (κ2) is 15.5. The highest BCUT2D eigenvalue weighted by molar-refractivity contribution is 6.09. The first-order valence-corrected chi connectivity index (χ1v) is 22.7. The number of anilines is 2. The first-order valence-electron chi connectivity index (χ1n) is 22.7. The number of hydrogen-bond acceptors (Lipinski definition) is 4. The van der Waals surface area contributed by atoms with Crippen molar-refractivity contribution in [2.24, 2.45) is 0 Å². The molecule has 8 rings (SSSR count). The van der Waals surface area contributed by atoms with Gasteiger partial charge in [0, 0.05) is 46.7 Å². The summed E-state index contributed by atoms with van der Waals surface area (Å²) < 4.78 is 9.36. The summed E-state index contributed by atoms with van der Waals surface area (Å²) in [6.07, 6.45) is 4.28. The lowest BCUT2D eigenvalue weighted by Gasteiger charge is -2.30. The van der Waals surface area contributed by atoms with Gasteiger partial charge in [-0.3, -0.25) is 4.57 Å². The molecule has 63 heavy (non-hydrogen) atoms. The van der Waals surface area contributed by atoms with Crippen molar-refractivity contribution in [3.8, 4) is 17.3 Å². The molecule has 7 aromatic rings. The van der Waals surface area contributed by atoms with Crippen LogP contribution in [0.4, 0.5) is 11.4 Å². The van der Waals surface area contributed by atoms with E-state index in [9.17, 15) is 0 Å². The number of benzene rings is 5. The molecule has 0 N–H and O–H groups in total. The predicted molar refractivity (Wildman–Crippen MR) is 269 cm³/mol. The predicted octanol–water partition coefficient (Wildman–Crippen LogP) is 15.7. The lowest BCUT2D eigenvalue weighted by atomic mass is 9.80. The Morgan fingerprint density at radius 2 is 1.00 bits per heavy atom. The third kappa shape index (κ3) is 8.90. The van der Waals surface area contributed by atoms with Crippen LogP contribution in [0.3, 0.4) is 0 Å². The summed E-state index contributed by atoms with van der Waals surface area (Å²) >= 11 is 0. The van der Waals surface area contributed by atoms with Gasteiger partial charge < -0.3 is 14.5 Å². The average Bonchev–Trinajstić information content (AvgIpc) is 3.79. The molecular weight excluding hydrogens is 769 g/mol. The second-order valence-electron chi connectivity index (χ2n) is 22.9.